The van der Waals surface area contributed by atoms with Gasteiger partial charge in [-0.2, -0.15) is 0 Å². The SMILES string of the molecule is NS(=O)(=O)c1ccc2c(c1)C(=O)C(=O)N2CCc1ccccc1. The smallest absolute Gasteiger partial charge is 0.299 e. The van der Waals surface area contributed by atoms with E-state index in [1.807, 2.05) is 30.3 Å². The van der Waals surface area contributed by atoms with Gasteiger partial charge in [-0.25, -0.2) is 13.6 Å². The number of rotatable bonds is 4. The molecule has 0 bridgehead atoms. The van der Waals surface area contributed by atoms with E-state index in [1.165, 1.54) is 17.0 Å². The van der Waals surface area contributed by atoms with Crippen molar-refractivity contribution >= 4 is 27.4 Å². The maximum atomic E-state index is 12.1. The number of carbonyl (C=O) groups excluding carboxylic acids is 2. The van der Waals surface area contributed by atoms with Crippen molar-refractivity contribution in [3.63, 3.8) is 0 Å². The molecule has 0 fully saturated rings. The van der Waals surface area contributed by atoms with Crippen molar-refractivity contribution < 1.29 is 18.0 Å². The number of nitrogens with zero attached hydrogens (tertiary/aromatic N) is 1. The summed E-state index contributed by atoms with van der Waals surface area (Å²) in [6.45, 7) is 0.344. The van der Waals surface area contributed by atoms with Gasteiger partial charge in [-0.15, -0.1) is 0 Å². The van der Waals surface area contributed by atoms with Crippen LogP contribution in [-0.4, -0.2) is 26.7 Å². The van der Waals surface area contributed by atoms with Gasteiger partial charge in [-0.3, -0.25) is 9.59 Å². The molecule has 0 spiro atoms. The fraction of sp³-hybridized carbons (Fsp3) is 0.125. The minimum Gasteiger partial charge on any atom is -0.304 e. The summed E-state index contributed by atoms with van der Waals surface area (Å²) in [5.41, 5.74) is 1.54. The molecule has 0 atom stereocenters. The van der Waals surface area contributed by atoms with Crippen molar-refractivity contribution in [3.8, 4) is 0 Å². The molecule has 2 aromatic carbocycles. The molecule has 0 aliphatic carbocycles. The Hall–Kier alpha value is -2.51. The van der Waals surface area contributed by atoms with Crippen molar-refractivity contribution in [1.29, 1.82) is 0 Å². The molecule has 0 saturated heterocycles. The predicted octanol–water partition coefficient (Wildman–Crippen LogP) is 1.11. The third-order valence-electron chi connectivity index (χ3n) is 3.74. The number of Topliss-reactive ketones (excluding diaryl/α,β-unsaturated/α-hetero) is 1. The van der Waals surface area contributed by atoms with Crippen molar-refractivity contribution in [2.75, 3.05) is 11.4 Å². The van der Waals surface area contributed by atoms with E-state index in [1.54, 1.807) is 0 Å². The highest BCUT2D eigenvalue weighted by Gasteiger charge is 2.36. The second-order valence-corrected chi connectivity index (χ2v) is 6.81. The zero-order chi connectivity index (χ0) is 16.6. The average molecular weight is 330 g/mol. The number of nitrogens with two attached hydrogens (primary N) is 1. The molecule has 0 saturated carbocycles. The van der Waals surface area contributed by atoms with E-state index in [4.69, 9.17) is 5.14 Å². The van der Waals surface area contributed by atoms with Gasteiger partial charge in [0.1, 0.15) is 0 Å². The molecule has 2 N–H and O–H groups in total. The van der Waals surface area contributed by atoms with Crippen molar-refractivity contribution in [3.05, 3.63) is 59.7 Å². The molecule has 3 rings (SSSR count). The van der Waals surface area contributed by atoms with E-state index in [0.29, 0.717) is 18.7 Å². The molecular weight excluding hydrogens is 316 g/mol. The van der Waals surface area contributed by atoms with Crippen molar-refractivity contribution in [2.45, 2.75) is 11.3 Å². The number of fused-ring (bicyclic) bond motifs is 1. The Bertz CT molecular complexity index is 892. The summed E-state index contributed by atoms with van der Waals surface area (Å²) in [4.78, 5) is 25.4. The number of amides is 1. The minimum absolute atomic E-state index is 0.0783. The van der Waals surface area contributed by atoms with Gasteiger partial charge in [-0.1, -0.05) is 30.3 Å². The first-order chi connectivity index (χ1) is 10.9. The first-order valence-corrected chi connectivity index (χ1v) is 8.49. The lowest BCUT2D eigenvalue weighted by Gasteiger charge is -2.16. The van der Waals surface area contributed by atoms with E-state index in [-0.39, 0.29) is 10.5 Å². The molecule has 23 heavy (non-hydrogen) atoms. The first kappa shape index (κ1) is 15.4. The Morgan fingerprint density at radius 2 is 1.70 bits per heavy atom. The van der Waals surface area contributed by atoms with E-state index in [2.05, 4.69) is 0 Å². The Balaban J connectivity index is 1.90. The maximum absolute atomic E-state index is 12.1. The monoisotopic (exact) mass is 330 g/mol. The molecule has 2 aromatic rings. The molecule has 118 valence electrons. The second kappa shape index (κ2) is 5.60. The highest BCUT2D eigenvalue weighted by Crippen LogP contribution is 2.30. The number of hydrogen-bond donors (Lipinski definition) is 1. The number of sulfonamides is 1. The fourth-order valence-corrected chi connectivity index (χ4v) is 3.10. The summed E-state index contributed by atoms with van der Waals surface area (Å²) >= 11 is 0. The molecule has 7 heteroatoms. The lowest BCUT2D eigenvalue weighted by atomic mass is 10.1. The van der Waals surface area contributed by atoms with E-state index < -0.39 is 21.7 Å². The molecule has 0 unspecified atom stereocenters. The number of benzene rings is 2. The number of hydrogen-bond acceptors (Lipinski definition) is 4. The van der Waals surface area contributed by atoms with Gasteiger partial charge in [0.25, 0.3) is 11.7 Å². The highest BCUT2D eigenvalue weighted by atomic mass is 32.2. The number of ketones is 1. The molecule has 1 heterocycles. The highest BCUT2D eigenvalue weighted by molar-refractivity contribution is 7.89. The Kier molecular flexibility index (Phi) is 3.75. The third-order valence-corrected chi connectivity index (χ3v) is 4.65. The summed E-state index contributed by atoms with van der Waals surface area (Å²) in [7, 11) is -3.92. The summed E-state index contributed by atoms with van der Waals surface area (Å²) in [6.07, 6.45) is 0.593. The number of primary sulfonamides is 1. The number of anilines is 1. The second-order valence-electron chi connectivity index (χ2n) is 5.25. The summed E-state index contributed by atoms with van der Waals surface area (Å²) < 4.78 is 22.8. The van der Waals surface area contributed by atoms with Gasteiger partial charge in [0.05, 0.1) is 16.1 Å². The summed E-state index contributed by atoms with van der Waals surface area (Å²) in [5, 5.41) is 5.06. The van der Waals surface area contributed by atoms with Crippen LogP contribution in [-0.2, 0) is 21.2 Å². The van der Waals surface area contributed by atoms with Crippen LogP contribution in [0.5, 0.6) is 0 Å². The van der Waals surface area contributed by atoms with Gasteiger partial charge in [0, 0.05) is 6.54 Å². The first-order valence-electron chi connectivity index (χ1n) is 6.95. The molecular formula is C16H14N2O4S. The lowest BCUT2D eigenvalue weighted by Crippen LogP contribution is -2.31. The molecule has 0 radical (unpaired) electrons. The normalized spacial score (nSPS) is 14.2. The zero-order valence-electron chi connectivity index (χ0n) is 12.1. The van der Waals surface area contributed by atoms with Crippen LogP contribution in [0.3, 0.4) is 0 Å². The van der Waals surface area contributed by atoms with Crippen LogP contribution in [0.25, 0.3) is 0 Å². The van der Waals surface area contributed by atoms with Crippen LogP contribution in [0.15, 0.2) is 53.4 Å². The van der Waals surface area contributed by atoms with Gasteiger partial charge in [0.15, 0.2) is 0 Å². The maximum Gasteiger partial charge on any atom is 0.299 e. The summed E-state index contributed by atoms with van der Waals surface area (Å²) in [5.74, 6) is -1.36. The molecule has 1 aliphatic rings. The standard InChI is InChI=1S/C16H14N2O4S/c17-23(21,22)12-6-7-14-13(10-12)15(19)16(20)18(14)9-8-11-4-2-1-3-5-11/h1-7,10H,8-9H2,(H2,17,21,22). The minimum atomic E-state index is -3.92. The third kappa shape index (κ3) is 2.88. The molecule has 1 amide bonds. The predicted molar refractivity (Wildman–Crippen MR) is 84.6 cm³/mol. The van der Waals surface area contributed by atoms with E-state index in [9.17, 15) is 18.0 Å². The Labute approximate surface area is 133 Å². The quantitative estimate of drug-likeness (QED) is 0.849. The number of carbonyl (C=O) groups is 2. The van der Waals surface area contributed by atoms with E-state index in [0.717, 1.165) is 11.6 Å². The average Bonchev–Trinajstić information content (AvgIpc) is 2.77. The largest absolute Gasteiger partial charge is 0.304 e. The van der Waals surface area contributed by atoms with Crippen LogP contribution in [0, 0.1) is 0 Å². The van der Waals surface area contributed by atoms with Crippen LogP contribution < -0.4 is 10.0 Å². The van der Waals surface area contributed by atoms with Crippen molar-refractivity contribution in [2.24, 2.45) is 5.14 Å². The summed E-state index contributed by atoms with van der Waals surface area (Å²) in [6, 6.07) is 13.5. The van der Waals surface area contributed by atoms with Crippen LogP contribution in [0.2, 0.25) is 0 Å². The van der Waals surface area contributed by atoms with Gasteiger partial charge >= 0.3 is 0 Å². The molecule has 1 aliphatic heterocycles. The Morgan fingerprint density at radius 1 is 1.00 bits per heavy atom. The Morgan fingerprint density at radius 3 is 2.35 bits per heavy atom. The van der Waals surface area contributed by atoms with Gasteiger partial charge < -0.3 is 4.90 Å². The lowest BCUT2D eigenvalue weighted by molar-refractivity contribution is -0.114. The van der Waals surface area contributed by atoms with Crippen LogP contribution in [0.1, 0.15) is 15.9 Å². The molecule has 6 nitrogen and oxygen atoms in total. The van der Waals surface area contributed by atoms with E-state index >= 15 is 0 Å². The zero-order valence-corrected chi connectivity index (χ0v) is 12.9. The van der Waals surface area contributed by atoms with Gasteiger partial charge in [-0.05, 0) is 30.2 Å². The fourth-order valence-electron chi connectivity index (χ4n) is 2.56. The van der Waals surface area contributed by atoms with Crippen LogP contribution in [0.4, 0.5) is 5.69 Å². The van der Waals surface area contributed by atoms with Crippen molar-refractivity contribution in [1.82, 2.24) is 0 Å². The molecule has 0 aromatic heterocycles. The van der Waals surface area contributed by atoms with Crippen LogP contribution >= 0.6 is 0 Å². The topological polar surface area (TPSA) is 97.5 Å². The van der Waals surface area contributed by atoms with Gasteiger partial charge in [0.2, 0.25) is 10.0 Å².